The molecule has 0 unspecified atom stereocenters. The van der Waals surface area contributed by atoms with Crippen molar-refractivity contribution in [2.45, 2.75) is 121 Å². The molecule has 15 heteroatoms. The Morgan fingerprint density at radius 3 is 2.59 bits per heavy atom. The highest BCUT2D eigenvalue weighted by atomic mass is 19.1. The molecule has 4 heterocycles. The molecule has 1 saturated carbocycles. The minimum Gasteiger partial charge on any atom is -0.444 e. The van der Waals surface area contributed by atoms with Gasteiger partial charge in [-0.1, -0.05) is 37.1 Å². The van der Waals surface area contributed by atoms with Crippen LogP contribution in [0.3, 0.4) is 0 Å². The number of aromatic nitrogens is 1. The fourth-order valence-electron chi connectivity index (χ4n) is 7.39. The Balaban J connectivity index is 1.25. The van der Waals surface area contributed by atoms with Crippen molar-refractivity contribution >= 4 is 29.9 Å². The van der Waals surface area contributed by atoms with Crippen LogP contribution in [0.25, 0.3) is 0 Å². The van der Waals surface area contributed by atoms with E-state index in [2.05, 4.69) is 20.9 Å². The van der Waals surface area contributed by atoms with Gasteiger partial charge in [0.1, 0.15) is 41.0 Å². The highest BCUT2D eigenvalue weighted by molar-refractivity contribution is 5.98. The van der Waals surface area contributed by atoms with E-state index in [4.69, 9.17) is 9.47 Å². The lowest BCUT2D eigenvalue weighted by molar-refractivity contribution is -0.141. The van der Waals surface area contributed by atoms with Gasteiger partial charge in [0.2, 0.25) is 17.7 Å². The van der Waals surface area contributed by atoms with Gasteiger partial charge in [0.15, 0.2) is 0 Å². The van der Waals surface area contributed by atoms with Gasteiger partial charge in [-0.2, -0.15) is 0 Å². The standard InChI is InChI=1S/C39H48F2N6O7/c1-23(30-16-15-26(40)19-42-30)43-35(50)39-18-25(39)12-8-6-5-7-9-14-31(44-36(51)54-38(2,3)4)34(49)47-21-27(17-32(47)33(48)45-39)53-37(52)46-20-24-11-10-13-29(41)28(24)22-46/h8,10-13,15-16,19,23,25,27,31-32H,5-7,9,14,17-18,20-22H2,1-4H3,(H,43,50)(H,44,51)(H,45,48)/t23-,25+,27+,31-,32-,39+/m0/s1. The van der Waals surface area contributed by atoms with Gasteiger partial charge in [-0.05, 0) is 77.1 Å². The molecule has 4 aliphatic rings. The summed E-state index contributed by atoms with van der Waals surface area (Å²) in [5.41, 5.74) is -0.669. The number of fused-ring (bicyclic) bond motifs is 3. The highest BCUT2D eigenvalue weighted by Crippen LogP contribution is 2.46. The molecule has 3 N–H and O–H groups in total. The van der Waals surface area contributed by atoms with Gasteiger partial charge in [-0.15, -0.1) is 0 Å². The molecule has 2 aromatic rings. The van der Waals surface area contributed by atoms with Gasteiger partial charge in [0, 0.05) is 24.4 Å². The van der Waals surface area contributed by atoms with Crippen LogP contribution in [0, 0.1) is 17.6 Å². The molecule has 1 aromatic heterocycles. The minimum atomic E-state index is -1.34. The maximum Gasteiger partial charge on any atom is 0.410 e. The molecule has 0 bridgehead atoms. The molecule has 6 rings (SSSR count). The van der Waals surface area contributed by atoms with E-state index in [1.807, 2.05) is 12.2 Å². The third-order valence-corrected chi connectivity index (χ3v) is 10.3. The highest BCUT2D eigenvalue weighted by Gasteiger charge is 2.61. The number of halogens is 2. The molecule has 0 radical (unpaired) electrons. The number of ether oxygens (including phenoxy) is 2. The summed E-state index contributed by atoms with van der Waals surface area (Å²) in [4.78, 5) is 75.7. The zero-order valence-electron chi connectivity index (χ0n) is 31.0. The first-order valence-electron chi connectivity index (χ1n) is 18.6. The van der Waals surface area contributed by atoms with Crippen LogP contribution in [0.1, 0.15) is 95.5 Å². The van der Waals surface area contributed by atoms with Crippen molar-refractivity contribution in [3.63, 3.8) is 0 Å². The first-order chi connectivity index (χ1) is 25.6. The summed E-state index contributed by atoms with van der Waals surface area (Å²) < 4.78 is 39.3. The van der Waals surface area contributed by atoms with Crippen LogP contribution >= 0.6 is 0 Å². The Morgan fingerprint density at radius 2 is 1.87 bits per heavy atom. The second-order valence-electron chi connectivity index (χ2n) is 15.6. The van der Waals surface area contributed by atoms with E-state index in [0.29, 0.717) is 36.1 Å². The van der Waals surface area contributed by atoms with Crippen molar-refractivity contribution in [3.05, 3.63) is 77.1 Å². The third-order valence-electron chi connectivity index (χ3n) is 10.3. The van der Waals surface area contributed by atoms with Crippen LogP contribution in [0.2, 0.25) is 0 Å². The van der Waals surface area contributed by atoms with E-state index < -0.39 is 76.9 Å². The Morgan fingerprint density at radius 1 is 1.07 bits per heavy atom. The summed E-state index contributed by atoms with van der Waals surface area (Å²) in [5, 5.41) is 8.56. The van der Waals surface area contributed by atoms with Crippen LogP contribution in [0.5, 0.6) is 0 Å². The van der Waals surface area contributed by atoms with Gasteiger partial charge < -0.3 is 30.3 Å². The molecular formula is C39H48F2N6O7. The molecule has 3 aliphatic heterocycles. The number of allylic oxidation sites excluding steroid dienone is 1. The molecule has 1 saturated heterocycles. The molecule has 2 fully saturated rings. The maximum atomic E-state index is 14.4. The number of hydrogen-bond donors (Lipinski definition) is 3. The summed E-state index contributed by atoms with van der Waals surface area (Å²) >= 11 is 0. The number of hydrogen-bond acceptors (Lipinski definition) is 8. The SMILES string of the molecule is C[C@H](NC(=O)[C@@]12C[C@H]1C=CCCCCC[C@H](NC(=O)OC(C)(C)C)C(=O)N1C[C@H](OC(=O)N3Cc4cccc(F)c4C3)C[C@H]1C(=O)N2)c1ccc(F)cn1. The fraction of sp³-hybridized carbons (Fsp3) is 0.538. The summed E-state index contributed by atoms with van der Waals surface area (Å²) in [7, 11) is 0. The van der Waals surface area contributed by atoms with E-state index in [1.54, 1.807) is 39.8 Å². The lowest BCUT2D eigenvalue weighted by Gasteiger charge is -2.30. The Kier molecular flexibility index (Phi) is 11.2. The quantitative estimate of drug-likeness (QED) is 0.363. The largest absolute Gasteiger partial charge is 0.444 e. The number of carbonyl (C=O) groups is 5. The molecule has 1 aliphatic carbocycles. The molecule has 0 spiro atoms. The molecule has 1 aromatic carbocycles. The van der Waals surface area contributed by atoms with E-state index in [0.717, 1.165) is 19.0 Å². The van der Waals surface area contributed by atoms with Crippen molar-refractivity contribution in [1.82, 2.24) is 30.7 Å². The van der Waals surface area contributed by atoms with Crippen molar-refractivity contribution in [3.8, 4) is 0 Å². The Bertz CT molecular complexity index is 1800. The van der Waals surface area contributed by atoms with E-state index >= 15 is 0 Å². The zero-order valence-corrected chi connectivity index (χ0v) is 31.0. The first-order valence-corrected chi connectivity index (χ1v) is 18.6. The number of amides is 5. The maximum absolute atomic E-state index is 14.4. The fourth-order valence-corrected chi connectivity index (χ4v) is 7.39. The molecular weight excluding hydrogens is 702 g/mol. The molecule has 6 atom stereocenters. The monoisotopic (exact) mass is 750 g/mol. The predicted molar refractivity (Wildman–Crippen MR) is 191 cm³/mol. The predicted octanol–water partition coefficient (Wildman–Crippen LogP) is 4.95. The normalized spacial score (nSPS) is 26.3. The second-order valence-corrected chi connectivity index (χ2v) is 15.6. The number of pyridine rings is 1. The summed E-state index contributed by atoms with van der Waals surface area (Å²) in [6.07, 6.45) is 5.90. The molecule has 54 heavy (non-hydrogen) atoms. The van der Waals surface area contributed by atoms with Gasteiger partial charge in [-0.3, -0.25) is 24.3 Å². The van der Waals surface area contributed by atoms with E-state index in [1.165, 1.54) is 28.0 Å². The smallest absolute Gasteiger partial charge is 0.410 e. The zero-order chi connectivity index (χ0) is 38.8. The van der Waals surface area contributed by atoms with Crippen LogP contribution in [-0.2, 0) is 36.9 Å². The van der Waals surface area contributed by atoms with Crippen LogP contribution in [-0.4, -0.2) is 80.6 Å². The number of alkyl carbamates (subject to hydrolysis) is 1. The van der Waals surface area contributed by atoms with Gasteiger partial charge in [0.25, 0.3) is 0 Å². The van der Waals surface area contributed by atoms with Gasteiger partial charge >= 0.3 is 12.2 Å². The van der Waals surface area contributed by atoms with Crippen molar-refractivity contribution in [2.24, 2.45) is 5.92 Å². The lowest BCUT2D eigenvalue weighted by Crippen LogP contribution is -2.58. The van der Waals surface area contributed by atoms with Crippen molar-refractivity contribution in [1.29, 1.82) is 0 Å². The van der Waals surface area contributed by atoms with Crippen LogP contribution in [0.15, 0.2) is 48.7 Å². The lowest BCUT2D eigenvalue weighted by atomic mass is 10.0. The van der Waals surface area contributed by atoms with Gasteiger partial charge in [0.05, 0.1) is 31.0 Å². The number of benzene rings is 1. The van der Waals surface area contributed by atoms with E-state index in [9.17, 15) is 32.8 Å². The topological polar surface area (TPSA) is 159 Å². The average Bonchev–Trinajstić information content (AvgIpc) is 3.40. The Hall–Kier alpha value is -5.08. The second kappa shape index (κ2) is 15.7. The van der Waals surface area contributed by atoms with Crippen LogP contribution in [0.4, 0.5) is 18.4 Å². The van der Waals surface area contributed by atoms with E-state index in [-0.39, 0.29) is 38.4 Å². The summed E-state index contributed by atoms with van der Waals surface area (Å²) in [6.45, 7) is 6.84. The summed E-state index contributed by atoms with van der Waals surface area (Å²) in [5.74, 6) is -2.91. The molecule has 13 nitrogen and oxygen atoms in total. The van der Waals surface area contributed by atoms with Crippen molar-refractivity contribution < 1.29 is 42.2 Å². The third kappa shape index (κ3) is 8.82. The van der Waals surface area contributed by atoms with Gasteiger partial charge in [-0.25, -0.2) is 18.4 Å². The molecule has 290 valence electrons. The van der Waals surface area contributed by atoms with Crippen molar-refractivity contribution in [2.75, 3.05) is 6.54 Å². The minimum absolute atomic E-state index is 0.0143. The number of carbonyl (C=O) groups excluding carboxylic acids is 5. The van der Waals surface area contributed by atoms with Crippen LogP contribution < -0.4 is 16.0 Å². The number of nitrogens with one attached hydrogen (secondary N) is 3. The average molecular weight is 751 g/mol. The molecule has 5 amide bonds. The number of nitrogens with zero attached hydrogens (tertiary/aromatic N) is 3. The number of rotatable bonds is 5. The first kappa shape index (κ1) is 38.6. The summed E-state index contributed by atoms with van der Waals surface area (Å²) in [6, 6.07) is 4.55. The Labute approximate surface area is 313 Å².